The highest BCUT2D eigenvalue weighted by Gasteiger charge is 2.34. The quantitative estimate of drug-likeness (QED) is 0.115. The van der Waals surface area contributed by atoms with E-state index in [9.17, 15) is 21.8 Å². The Morgan fingerprint density at radius 3 is 1.98 bits per heavy atom. The monoisotopic (exact) mass is 650 g/mol. The summed E-state index contributed by atoms with van der Waals surface area (Å²) in [7, 11) is -5.65. The second-order valence-electron chi connectivity index (χ2n) is 11.5. The summed E-state index contributed by atoms with van der Waals surface area (Å²) in [6.07, 6.45) is 9.45. The highest BCUT2D eigenvalue weighted by Crippen LogP contribution is 2.48. The topological polar surface area (TPSA) is 63.6 Å². The van der Waals surface area contributed by atoms with E-state index in [1.807, 2.05) is 85.0 Å². The standard InChI is InChI=1S/C38H22F4O4S/c39-32-34(41)38(47(43,44)45)35(42)33(40)37(32)46-36-26(25-18-23-11-2-6-20-7-3-12-24(19-25)30(20)23)13-5-15-29(36)27-17-16-22-9-1-8-21-10-4-14-28(27)31(21)22/h1-6,8-9,11-19H,7,10H2,(H,43,44,45). The molecule has 0 fully saturated rings. The number of hydrogen-bond donors (Lipinski definition) is 1. The lowest BCUT2D eigenvalue weighted by Gasteiger charge is -2.22. The van der Waals surface area contributed by atoms with E-state index in [0.29, 0.717) is 28.7 Å². The molecule has 4 nitrogen and oxygen atoms in total. The molecule has 47 heavy (non-hydrogen) atoms. The Balaban J connectivity index is 1.43. The minimum absolute atomic E-state index is 0.113. The largest absolute Gasteiger partial charge is 0.450 e. The zero-order chi connectivity index (χ0) is 32.6. The van der Waals surface area contributed by atoms with Crippen LogP contribution in [-0.2, 0) is 23.0 Å². The van der Waals surface area contributed by atoms with Crippen molar-refractivity contribution in [3.63, 3.8) is 0 Å². The first-order chi connectivity index (χ1) is 22.6. The van der Waals surface area contributed by atoms with Crippen molar-refractivity contribution in [1.29, 1.82) is 0 Å². The van der Waals surface area contributed by atoms with Gasteiger partial charge in [-0.2, -0.15) is 17.2 Å². The molecule has 0 aromatic heterocycles. The van der Waals surface area contributed by atoms with Crippen LogP contribution in [-0.4, -0.2) is 13.0 Å². The Morgan fingerprint density at radius 2 is 1.26 bits per heavy atom. The van der Waals surface area contributed by atoms with Crippen molar-refractivity contribution in [1.82, 2.24) is 0 Å². The third-order valence-electron chi connectivity index (χ3n) is 8.78. The van der Waals surface area contributed by atoms with Gasteiger partial charge in [-0.05, 0) is 79.9 Å². The van der Waals surface area contributed by atoms with Crippen LogP contribution in [0.3, 0.4) is 0 Å². The van der Waals surface area contributed by atoms with E-state index in [0.717, 1.165) is 50.2 Å². The van der Waals surface area contributed by atoms with Gasteiger partial charge in [0.15, 0.2) is 16.5 Å². The van der Waals surface area contributed by atoms with Crippen molar-refractivity contribution in [3.8, 4) is 33.8 Å². The smallest absolute Gasteiger partial charge is 0.300 e. The average molecular weight is 651 g/mol. The molecule has 0 bridgehead atoms. The lowest BCUT2D eigenvalue weighted by molar-refractivity contribution is 0.347. The van der Waals surface area contributed by atoms with Crippen LogP contribution >= 0.6 is 0 Å². The van der Waals surface area contributed by atoms with Crippen LogP contribution in [0, 0.1) is 23.3 Å². The van der Waals surface area contributed by atoms with E-state index in [1.165, 1.54) is 0 Å². The fourth-order valence-corrected chi connectivity index (χ4v) is 7.41. The van der Waals surface area contributed by atoms with Crippen LogP contribution in [0.5, 0.6) is 11.5 Å². The summed E-state index contributed by atoms with van der Waals surface area (Å²) in [4.78, 5) is -2.14. The van der Waals surface area contributed by atoms with Gasteiger partial charge < -0.3 is 4.74 Å². The van der Waals surface area contributed by atoms with Crippen LogP contribution in [0.1, 0.15) is 22.3 Å². The van der Waals surface area contributed by atoms with E-state index >= 15 is 8.78 Å². The maximum absolute atomic E-state index is 15.5. The van der Waals surface area contributed by atoms with E-state index in [2.05, 4.69) is 0 Å². The van der Waals surface area contributed by atoms with Gasteiger partial charge in [0.05, 0.1) is 0 Å². The summed E-state index contributed by atoms with van der Waals surface area (Å²) in [6, 6.07) is 24.6. The fraction of sp³-hybridized carbons (Fsp3) is 0.0526. The highest BCUT2D eigenvalue weighted by molar-refractivity contribution is 7.85. The van der Waals surface area contributed by atoms with Crippen LogP contribution in [0.25, 0.3) is 56.0 Å². The summed E-state index contributed by atoms with van der Waals surface area (Å²) >= 11 is 0. The summed E-state index contributed by atoms with van der Waals surface area (Å²) in [5.41, 5.74) is 5.94. The molecule has 0 atom stereocenters. The van der Waals surface area contributed by atoms with Gasteiger partial charge in [-0.25, -0.2) is 8.78 Å². The molecule has 6 aromatic rings. The number of benzene rings is 6. The molecule has 0 unspecified atom stereocenters. The van der Waals surface area contributed by atoms with Crippen molar-refractivity contribution < 1.29 is 35.3 Å². The molecule has 0 saturated heterocycles. The Labute approximate surface area is 266 Å². The summed E-state index contributed by atoms with van der Waals surface area (Å²) < 4.78 is 99.4. The van der Waals surface area contributed by atoms with Crippen molar-refractivity contribution in [2.75, 3.05) is 0 Å². The molecule has 6 aromatic carbocycles. The van der Waals surface area contributed by atoms with Crippen molar-refractivity contribution in [2.45, 2.75) is 17.7 Å². The molecular weight excluding hydrogens is 628 g/mol. The van der Waals surface area contributed by atoms with Crippen LogP contribution < -0.4 is 4.74 Å². The first kappa shape index (κ1) is 29.2. The van der Waals surface area contributed by atoms with Gasteiger partial charge >= 0.3 is 10.1 Å². The molecule has 232 valence electrons. The molecule has 2 aliphatic carbocycles. The number of hydrogen-bond acceptors (Lipinski definition) is 3. The average Bonchev–Trinajstić information content (AvgIpc) is 3.06. The lowest BCUT2D eigenvalue weighted by atomic mass is 9.85. The van der Waals surface area contributed by atoms with Gasteiger partial charge in [0.25, 0.3) is 0 Å². The Kier molecular flexibility index (Phi) is 6.61. The summed E-state index contributed by atoms with van der Waals surface area (Å²) in [5.74, 6) is -10.4. The molecule has 0 radical (unpaired) electrons. The lowest BCUT2D eigenvalue weighted by Crippen LogP contribution is -2.11. The summed E-state index contributed by atoms with van der Waals surface area (Å²) in [5, 5.41) is 3.96. The second kappa shape index (κ2) is 10.7. The Bertz CT molecular complexity index is 2490. The number of rotatable bonds is 5. The maximum Gasteiger partial charge on any atom is 0.300 e. The Morgan fingerprint density at radius 1 is 0.617 bits per heavy atom. The number of allylic oxidation sites excluding steroid dienone is 2. The van der Waals surface area contributed by atoms with E-state index in [-0.39, 0.29) is 5.75 Å². The van der Waals surface area contributed by atoms with E-state index in [4.69, 9.17) is 4.74 Å². The molecule has 0 amide bonds. The molecule has 0 spiro atoms. The zero-order valence-corrected chi connectivity index (χ0v) is 25.1. The predicted octanol–water partition coefficient (Wildman–Crippen LogP) is 10.1. The Hall–Kier alpha value is -5.25. The van der Waals surface area contributed by atoms with Gasteiger partial charge in [-0.3, -0.25) is 4.55 Å². The van der Waals surface area contributed by atoms with Crippen LogP contribution in [0.2, 0.25) is 0 Å². The number of ether oxygens (including phenoxy) is 1. The van der Waals surface area contributed by atoms with Gasteiger partial charge in [0.2, 0.25) is 17.4 Å². The SMILES string of the molecule is O=S(=O)(O)c1c(F)c(F)c(Oc2c(-c3cc4c5c(cccc5c3)CC=C4)cccc2-c2ccc3cccc4c3c2C=CC4)c(F)c1F. The highest BCUT2D eigenvalue weighted by atomic mass is 32.2. The summed E-state index contributed by atoms with van der Waals surface area (Å²) in [6.45, 7) is 0. The van der Waals surface area contributed by atoms with E-state index in [1.54, 1.807) is 18.2 Å². The van der Waals surface area contributed by atoms with E-state index < -0.39 is 44.0 Å². The molecule has 0 heterocycles. The van der Waals surface area contributed by atoms with Gasteiger partial charge in [-0.1, -0.05) is 91.0 Å². The van der Waals surface area contributed by atoms with Crippen LogP contribution in [0.15, 0.2) is 95.9 Å². The van der Waals surface area contributed by atoms with Gasteiger partial charge in [-0.15, -0.1) is 0 Å². The molecule has 8 rings (SSSR count). The second-order valence-corrected chi connectivity index (χ2v) is 12.9. The normalized spacial score (nSPS) is 13.5. The minimum Gasteiger partial charge on any atom is -0.450 e. The van der Waals surface area contributed by atoms with Crippen molar-refractivity contribution >= 4 is 43.8 Å². The third kappa shape index (κ3) is 4.57. The minimum atomic E-state index is -5.65. The maximum atomic E-state index is 15.5. The molecule has 0 saturated carbocycles. The van der Waals surface area contributed by atoms with Crippen molar-refractivity contribution in [2.24, 2.45) is 0 Å². The number of para-hydroxylation sites is 1. The molecule has 9 heteroatoms. The van der Waals surface area contributed by atoms with Crippen molar-refractivity contribution in [3.05, 3.63) is 137 Å². The molecular formula is C38H22F4O4S. The molecule has 2 aliphatic rings. The first-order valence-electron chi connectivity index (χ1n) is 14.7. The first-order valence-corrected chi connectivity index (χ1v) is 16.1. The fourth-order valence-electron chi connectivity index (χ4n) is 6.77. The van der Waals surface area contributed by atoms with Gasteiger partial charge in [0, 0.05) is 11.1 Å². The molecule has 0 aliphatic heterocycles. The number of halogens is 4. The van der Waals surface area contributed by atoms with Gasteiger partial charge in [0.1, 0.15) is 5.75 Å². The van der Waals surface area contributed by atoms with Crippen LogP contribution in [0.4, 0.5) is 17.6 Å². The zero-order valence-electron chi connectivity index (χ0n) is 24.3. The molecule has 1 N–H and O–H groups in total. The third-order valence-corrected chi connectivity index (χ3v) is 9.66. The predicted molar refractivity (Wildman–Crippen MR) is 174 cm³/mol.